The Morgan fingerprint density at radius 1 is 0.966 bits per heavy atom. The van der Waals surface area contributed by atoms with Crippen LogP contribution in [-0.4, -0.2) is 16.7 Å². The van der Waals surface area contributed by atoms with Crippen LogP contribution in [0.25, 0.3) is 0 Å². The first-order valence-electron chi connectivity index (χ1n) is 9.07. The van der Waals surface area contributed by atoms with Crippen LogP contribution in [0.5, 0.6) is 0 Å². The summed E-state index contributed by atoms with van der Waals surface area (Å²) >= 11 is 6.06. The number of nitrogens with two attached hydrogens (primary N) is 1. The highest BCUT2D eigenvalue weighted by molar-refractivity contribution is 6.30. The summed E-state index contributed by atoms with van der Waals surface area (Å²) in [5.41, 5.74) is 6.82. The number of benzene rings is 3. The fourth-order valence-electron chi connectivity index (χ4n) is 3.33. The van der Waals surface area contributed by atoms with E-state index in [4.69, 9.17) is 17.3 Å². The fourth-order valence-corrected chi connectivity index (χ4v) is 3.51. The second-order valence-corrected chi connectivity index (χ2v) is 7.07. The van der Waals surface area contributed by atoms with E-state index in [0.29, 0.717) is 16.1 Å². The maximum atomic E-state index is 14.6. The standard InChI is InChI=1S/C23H20ClFN2O2/c1-15(19-14-18(24)12-13-20(19)25)27(23(29)17-10-6-3-7-11-17)21(22(26)28)16-8-4-2-5-9-16/h2-15,21H,1H3,(H2,26,28)/t15-,21-/m1/s1. The van der Waals surface area contributed by atoms with E-state index in [9.17, 15) is 14.0 Å². The van der Waals surface area contributed by atoms with Gasteiger partial charge in [0, 0.05) is 16.1 Å². The molecule has 2 N–H and O–H groups in total. The lowest BCUT2D eigenvalue weighted by atomic mass is 9.97. The Morgan fingerprint density at radius 3 is 2.14 bits per heavy atom. The van der Waals surface area contributed by atoms with Gasteiger partial charge in [0.2, 0.25) is 5.91 Å². The molecular weight excluding hydrogens is 391 g/mol. The summed E-state index contributed by atoms with van der Waals surface area (Å²) in [4.78, 5) is 27.2. The predicted molar refractivity (Wildman–Crippen MR) is 111 cm³/mol. The summed E-state index contributed by atoms with van der Waals surface area (Å²) < 4.78 is 14.6. The molecule has 0 unspecified atom stereocenters. The minimum Gasteiger partial charge on any atom is -0.368 e. The van der Waals surface area contributed by atoms with Gasteiger partial charge >= 0.3 is 0 Å². The SMILES string of the molecule is C[C@H](c1cc(Cl)ccc1F)N(C(=O)c1ccccc1)[C@@H](C(N)=O)c1ccccc1. The molecule has 0 radical (unpaired) electrons. The molecule has 0 spiro atoms. The second-order valence-electron chi connectivity index (χ2n) is 6.64. The molecule has 0 heterocycles. The maximum Gasteiger partial charge on any atom is 0.255 e. The van der Waals surface area contributed by atoms with Crippen LogP contribution in [0.1, 0.15) is 40.5 Å². The second kappa shape index (κ2) is 8.88. The van der Waals surface area contributed by atoms with Crippen molar-refractivity contribution in [2.45, 2.75) is 19.0 Å². The van der Waals surface area contributed by atoms with Crippen molar-refractivity contribution in [2.75, 3.05) is 0 Å². The van der Waals surface area contributed by atoms with Crippen molar-refractivity contribution in [1.82, 2.24) is 4.90 Å². The molecule has 0 saturated heterocycles. The first-order chi connectivity index (χ1) is 13.9. The lowest BCUT2D eigenvalue weighted by Gasteiger charge is -2.35. The molecule has 6 heteroatoms. The van der Waals surface area contributed by atoms with Crippen LogP contribution < -0.4 is 5.73 Å². The van der Waals surface area contributed by atoms with Crippen LogP contribution in [-0.2, 0) is 4.79 Å². The molecule has 0 fully saturated rings. The third-order valence-electron chi connectivity index (χ3n) is 4.74. The van der Waals surface area contributed by atoms with Crippen molar-refractivity contribution in [3.05, 3.63) is 106 Å². The topological polar surface area (TPSA) is 63.4 Å². The van der Waals surface area contributed by atoms with E-state index in [1.165, 1.54) is 23.1 Å². The van der Waals surface area contributed by atoms with Gasteiger partial charge < -0.3 is 10.6 Å². The number of carbonyl (C=O) groups is 2. The van der Waals surface area contributed by atoms with Crippen molar-refractivity contribution in [2.24, 2.45) is 5.73 Å². The molecule has 148 valence electrons. The fraction of sp³-hybridized carbons (Fsp3) is 0.130. The van der Waals surface area contributed by atoms with E-state index < -0.39 is 29.7 Å². The zero-order valence-corrected chi connectivity index (χ0v) is 16.5. The van der Waals surface area contributed by atoms with Gasteiger partial charge in [-0.25, -0.2) is 4.39 Å². The minimum atomic E-state index is -1.09. The highest BCUT2D eigenvalue weighted by Crippen LogP contribution is 2.34. The third-order valence-corrected chi connectivity index (χ3v) is 4.98. The number of halogens is 2. The van der Waals surface area contributed by atoms with E-state index in [-0.39, 0.29) is 5.56 Å². The van der Waals surface area contributed by atoms with E-state index in [0.717, 1.165) is 0 Å². The number of hydrogen-bond donors (Lipinski definition) is 1. The molecule has 0 aliphatic carbocycles. The number of amides is 2. The number of hydrogen-bond acceptors (Lipinski definition) is 2. The van der Waals surface area contributed by atoms with E-state index in [2.05, 4.69) is 0 Å². The third kappa shape index (κ3) is 4.46. The van der Waals surface area contributed by atoms with Gasteiger partial charge in [-0.2, -0.15) is 0 Å². The van der Waals surface area contributed by atoms with Crippen molar-refractivity contribution >= 4 is 23.4 Å². The van der Waals surface area contributed by atoms with Crippen molar-refractivity contribution in [3.8, 4) is 0 Å². The summed E-state index contributed by atoms with van der Waals surface area (Å²) in [6.45, 7) is 1.65. The predicted octanol–water partition coefficient (Wildman–Crippen LogP) is 4.91. The van der Waals surface area contributed by atoms with Crippen molar-refractivity contribution < 1.29 is 14.0 Å². The normalized spacial score (nSPS) is 12.8. The van der Waals surface area contributed by atoms with Gasteiger partial charge in [-0.1, -0.05) is 60.1 Å². The minimum absolute atomic E-state index is 0.198. The van der Waals surface area contributed by atoms with E-state index >= 15 is 0 Å². The zero-order chi connectivity index (χ0) is 21.0. The molecule has 0 saturated carbocycles. The lowest BCUT2D eigenvalue weighted by molar-refractivity contribution is -0.123. The Kier molecular flexibility index (Phi) is 6.29. The summed E-state index contributed by atoms with van der Waals surface area (Å²) in [5, 5.41) is 0.329. The molecule has 0 aliphatic heterocycles. The molecular formula is C23H20ClFN2O2. The van der Waals surface area contributed by atoms with Gasteiger partial charge in [-0.3, -0.25) is 9.59 Å². The first-order valence-corrected chi connectivity index (χ1v) is 9.45. The van der Waals surface area contributed by atoms with Crippen molar-refractivity contribution in [1.29, 1.82) is 0 Å². The van der Waals surface area contributed by atoms with E-state index in [1.807, 2.05) is 0 Å². The summed E-state index contributed by atoms with van der Waals surface area (Å²) in [6.07, 6.45) is 0. The lowest BCUT2D eigenvalue weighted by Crippen LogP contribution is -2.43. The average molecular weight is 411 g/mol. The highest BCUT2D eigenvalue weighted by Gasteiger charge is 2.35. The Hall–Kier alpha value is -3.18. The van der Waals surface area contributed by atoms with Crippen LogP contribution in [0, 0.1) is 5.82 Å². The Balaban J connectivity index is 2.16. The molecule has 0 aliphatic rings. The van der Waals surface area contributed by atoms with Crippen LogP contribution in [0.4, 0.5) is 4.39 Å². The summed E-state index contributed by atoms with van der Waals surface area (Å²) in [5.74, 6) is -1.68. The largest absolute Gasteiger partial charge is 0.368 e. The quantitative estimate of drug-likeness (QED) is 0.627. The van der Waals surface area contributed by atoms with Crippen LogP contribution in [0.15, 0.2) is 78.9 Å². The van der Waals surface area contributed by atoms with Gasteiger partial charge in [0.25, 0.3) is 5.91 Å². The Morgan fingerprint density at radius 2 is 1.55 bits per heavy atom. The van der Waals surface area contributed by atoms with Crippen LogP contribution >= 0.6 is 11.6 Å². The summed E-state index contributed by atoms with van der Waals surface area (Å²) in [7, 11) is 0. The van der Waals surface area contributed by atoms with Gasteiger partial charge in [-0.05, 0) is 42.8 Å². The van der Waals surface area contributed by atoms with E-state index in [1.54, 1.807) is 67.6 Å². The van der Waals surface area contributed by atoms with Gasteiger partial charge in [-0.15, -0.1) is 0 Å². The monoisotopic (exact) mass is 410 g/mol. The number of nitrogens with zero attached hydrogens (tertiary/aromatic N) is 1. The van der Waals surface area contributed by atoms with Gasteiger partial charge in [0.05, 0.1) is 6.04 Å². The number of rotatable bonds is 6. The zero-order valence-electron chi connectivity index (χ0n) is 15.8. The molecule has 3 aromatic rings. The Labute approximate surface area is 173 Å². The molecule has 2 atom stereocenters. The number of primary amides is 1. The van der Waals surface area contributed by atoms with Crippen LogP contribution in [0.2, 0.25) is 5.02 Å². The molecule has 29 heavy (non-hydrogen) atoms. The molecule has 0 aromatic heterocycles. The molecule has 3 aromatic carbocycles. The molecule has 0 bridgehead atoms. The Bertz CT molecular complexity index is 1010. The smallest absolute Gasteiger partial charge is 0.255 e. The molecule has 3 rings (SSSR count). The maximum absolute atomic E-state index is 14.6. The van der Waals surface area contributed by atoms with Gasteiger partial charge in [0.15, 0.2) is 0 Å². The van der Waals surface area contributed by atoms with Gasteiger partial charge in [0.1, 0.15) is 11.9 Å². The summed E-state index contributed by atoms with van der Waals surface area (Å²) in [6, 6.07) is 19.4. The molecule has 4 nitrogen and oxygen atoms in total. The van der Waals surface area contributed by atoms with Crippen LogP contribution in [0.3, 0.4) is 0 Å². The average Bonchev–Trinajstić information content (AvgIpc) is 2.73. The first kappa shape index (κ1) is 20.6. The number of carbonyl (C=O) groups excluding carboxylic acids is 2. The molecule has 2 amide bonds. The van der Waals surface area contributed by atoms with Crippen molar-refractivity contribution in [3.63, 3.8) is 0 Å². The highest BCUT2D eigenvalue weighted by atomic mass is 35.5.